The van der Waals surface area contributed by atoms with Crippen LogP contribution in [0.1, 0.15) is 64.2 Å². The lowest BCUT2D eigenvalue weighted by Gasteiger charge is -2.43. The molecule has 0 aromatic heterocycles. The fourth-order valence-corrected chi connectivity index (χ4v) is 3.85. The highest BCUT2D eigenvalue weighted by Crippen LogP contribution is 2.39. The molecule has 0 atom stereocenters. The lowest BCUT2D eigenvalue weighted by molar-refractivity contribution is -0.143. The van der Waals surface area contributed by atoms with Gasteiger partial charge in [-0.15, -0.1) is 0 Å². The first-order chi connectivity index (χ1) is 10.1. The molecule has 0 aliphatic heterocycles. The highest BCUT2D eigenvalue weighted by Gasteiger charge is 2.45. The zero-order chi connectivity index (χ0) is 15.3. The van der Waals surface area contributed by atoms with Crippen molar-refractivity contribution in [1.29, 1.82) is 0 Å². The van der Waals surface area contributed by atoms with Crippen LogP contribution in [0, 0.1) is 5.41 Å². The van der Waals surface area contributed by atoms with Gasteiger partial charge in [-0.1, -0.05) is 37.9 Å². The van der Waals surface area contributed by atoms with Gasteiger partial charge in [0.15, 0.2) is 0 Å². The number of rotatable bonds is 6. The fourth-order valence-electron chi connectivity index (χ4n) is 3.56. The summed E-state index contributed by atoms with van der Waals surface area (Å²) >= 11 is 5.32. The first-order valence-corrected chi connectivity index (χ1v) is 8.74. The molecule has 0 heterocycles. The smallest absolute Gasteiger partial charge is 0.235 e. The summed E-state index contributed by atoms with van der Waals surface area (Å²) in [6, 6.07) is 0.332. The number of nitrogens with two attached hydrogens (primary N) is 1. The van der Waals surface area contributed by atoms with Gasteiger partial charge in [-0.25, -0.2) is 0 Å². The Bertz CT molecular complexity index is 374. The summed E-state index contributed by atoms with van der Waals surface area (Å²) in [5.41, 5.74) is 5.41. The van der Waals surface area contributed by atoms with E-state index < -0.39 is 5.41 Å². The Balaban J connectivity index is 2.19. The predicted octanol–water partition coefficient (Wildman–Crippen LogP) is 2.38. The normalized spacial score (nSPS) is 22.1. The zero-order valence-electron chi connectivity index (χ0n) is 12.9. The van der Waals surface area contributed by atoms with Crippen LogP contribution in [0.4, 0.5) is 0 Å². The van der Waals surface area contributed by atoms with Gasteiger partial charge in [0.2, 0.25) is 5.91 Å². The van der Waals surface area contributed by atoms with Crippen LogP contribution in [0.3, 0.4) is 0 Å². The summed E-state index contributed by atoms with van der Waals surface area (Å²) in [4.78, 5) is 15.6. The molecule has 0 aromatic rings. The first kappa shape index (κ1) is 16.7. The average Bonchev–Trinajstić information content (AvgIpc) is 2.67. The SMILES string of the molecule is NC(=S)C1(C(=O)N(CCCO)C2CCC2)CCCCCC1. The summed E-state index contributed by atoms with van der Waals surface area (Å²) in [5.74, 6) is 0.134. The lowest BCUT2D eigenvalue weighted by Crippen LogP contribution is -2.55. The minimum Gasteiger partial charge on any atom is -0.396 e. The second kappa shape index (κ2) is 7.54. The van der Waals surface area contributed by atoms with Crippen LogP contribution in [0.5, 0.6) is 0 Å². The number of amides is 1. The summed E-state index contributed by atoms with van der Waals surface area (Å²) in [6.45, 7) is 0.751. The van der Waals surface area contributed by atoms with Gasteiger partial charge in [-0.2, -0.15) is 0 Å². The Morgan fingerprint density at radius 3 is 2.24 bits per heavy atom. The fraction of sp³-hybridized carbons (Fsp3) is 0.875. The Morgan fingerprint density at radius 2 is 1.81 bits per heavy atom. The van der Waals surface area contributed by atoms with E-state index in [4.69, 9.17) is 23.1 Å². The van der Waals surface area contributed by atoms with E-state index in [1.165, 1.54) is 6.42 Å². The molecule has 0 spiro atoms. The molecule has 0 saturated heterocycles. The molecule has 2 rings (SSSR count). The maximum atomic E-state index is 13.2. The number of carbonyl (C=O) groups excluding carboxylic acids is 1. The maximum absolute atomic E-state index is 13.2. The van der Waals surface area contributed by atoms with Gasteiger partial charge in [-0.05, 0) is 38.5 Å². The summed E-state index contributed by atoms with van der Waals surface area (Å²) in [5, 5.41) is 9.11. The minimum absolute atomic E-state index is 0.122. The van der Waals surface area contributed by atoms with Gasteiger partial charge in [0.1, 0.15) is 0 Å². The second-order valence-electron chi connectivity index (χ2n) is 6.52. The van der Waals surface area contributed by atoms with Gasteiger partial charge < -0.3 is 15.7 Å². The third-order valence-corrected chi connectivity index (χ3v) is 5.56. The van der Waals surface area contributed by atoms with E-state index in [1.54, 1.807) is 0 Å². The number of hydrogen-bond acceptors (Lipinski definition) is 3. The van der Waals surface area contributed by atoms with Crippen molar-refractivity contribution in [1.82, 2.24) is 4.90 Å². The van der Waals surface area contributed by atoms with Crippen LogP contribution >= 0.6 is 12.2 Å². The van der Waals surface area contributed by atoms with Crippen LogP contribution in [0.15, 0.2) is 0 Å². The monoisotopic (exact) mass is 312 g/mol. The number of nitrogens with zero attached hydrogens (tertiary/aromatic N) is 1. The second-order valence-corrected chi connectivity index (χ2v) is 6.96. The van der Waals surface area contributed by atoms with Crippen molar-refractivity contribution in [3.63, 3.8) is 0 Å². The van der Waals surface area contributed by atoms with E-state index in [0.717, 1.165) is 51.4 Å². The Labute approximate surface area is 133 Å². The summed E-state index contributed by atoms with van der Waals surface area (Å²) in [7, 11) is 0. The summed E-state index contributed by atoms with van der Waals surface area (Å²) < 4.78 is 0. The zero-order valence-corrected chi connectivity index (χ0v) is 13.7. The van der Waals surface area contributed by atoms with E-state index in [-0.39, 0.29) is 12.5 Å². The first-order valence-electron chi connectivity index (χ1n) is 8.33. The number of aliphatic hydroxyl groups excluding tert-OH is 1. The predicted molar refractivity (Wildman–Crippen MR) is 88.0 cm³/mol. The molecule has 0 unspecified atom stereocenters. The largest absolute Gasteiger partial charge is 0.396 e. The van der Waals surface area contributed by atoms with E-state index in [1.807, 2.05) is 4.90 Å². The number of hydrogen-bond donors (Lipinski definition) is 2. The molecule has 2 fully saturated rings. The van der Waals surface area contributed by atoms with Crippen molar-refractivity contribution in [3.8, 4) is 0 Å². The van der Waals surface area contributed by atoms with Crippen molar-refractivity contribution in [2.24, 2.45) is 11.1 Å². The van der Waals surface area contributed by atoms with Gasteiger partial charge in [0.05, 0.1) is 10.4 Å². The van der Waals surface area contributed by atoms with Crippen LogP contribution < -0.4 is 5.73 Å². The third kappa shape index (κ3) is 3.57. The van der Waals surface area contributed by atoms with E-state index in [9.17, 15) is 4.79 Å². The van der Waals surface area contributed by atoms with E-state index >= 15 is 0 Å². The molecule has 21 heavy (non-hydrogen) atoms. The van der Waals surface area contributed by atoms with Crippen molar-refractivity contribution in [2.75, 3.05) is 13.2 Å². The highest BCUT2D eigenvalue weighted by molar-refractivity contribution is 7.80. The van der Waals surface area contributed by atoms with Crippen molar-refractivity contribution in [3.05, 3.63) is 0 Å². The number of thiocarbonyl (C=S) groups is 1. The Hall–Kier alpha value is -0.680. The molecular weight excluding hydrogens is 284 g/mol. The molecule has 0 radical (unpaired) electrons. The van der Waals surface area contributed by atoms with Crippen molar-refractivity contribution in [2.45, 2.75) is 70.3 Å². The van der Waals surface area contributed by atoms with Gasteiger partial charge >= 0.3 is 0 Å². The third-order valence-electron chi connectivity index (χ3n) is 5.17. The standard InChI is InChI=1S/C16H28N2O2S/c17-14(21)16(9-3-1-2-4-10-16)15(20)18(11-6-12-19)13-7-5-8-13/h13,19H,1-12H2,(H2,17,21). The van der Waals surface area contributed by atoms with Crippen LogP contribution in [0.25, 0.3) is 0 Å². The molecule has 0 aromatic carbocycles. The van der Waals surface area contributed by atoms with Gasteiger partial charge in [0, 0.05) is 19.2 Å². The molecule has 120 valence electrons. The Kier molecular flexibility index (Phi) is 5.99. The molecular formula is C16H28N2O2S. The van der Waals surface area contributed by atoms with Gasteiger partial charge in [0.25, 0.3) is 0 Å². The van der Waals surface area contributed by atoms with Crippen molar-refractivity contribution < 1.29 is 9.90 Å². The minimum atomic E-state index is -0.628. The van der Waals surface area contributed by atoms with Gasteiger partial charge in [-0.3, -0.25) is 4.79 Å². The quantitative estimate of drug-likeness (QED) is 0.584. The molecule has 4 nitrogen and oxygen atoms in total. The molecule has 0 bridgehead atoms. The maximum Gasteiger partial charge on any atom is 0.235 e. The molecule has 1 amide bonds. The number of carbonyl (C=O) groups is 1. The Morgan fingerprint density at radius 1 is 1.19 bits per heavy atom. The lowest BCUT2D eigenvalue weighted by atomic mass is 9.77. The van der Waals surface area contributed by atoms with E-state index in [2.05, 4.69) is 0 Å². The number of aliphatic hydroxyl groups is 1. The topological polar surface area (TPSA) is 66.6 Å². The molecule has 3 N–H and O–H groups in total. The molecule has 2 saturated carbocycles. The highest BCUT2D eigenvalue weighted by atomic mass is 32.1. The molecule has 2 aliphatic rings. The average molecular weight is 312 g/mol. The molecule has 5 heteroatoms. The van der Waals surface area contributed by atoms with E-state index in [0.29, 0.717) is 24.0 Å². The van der Waals surface area contributed by atoms with Crippen molar-refractivity contribution >= 4 is 23.1 Å². The molecule has 2 aliphatic carbocycles. The summed E-state index contributed by atoms with van der Waals surface area (Å²) in [6.07, 6.45) is 9.95. The van der Waals surface area contributed by atoms with Crippen LogP contribution in [0.2, 0.25) is 0 Å². The van der Waals surface area contributed by atoms with Crippen LogP contribution in [-0.4, -0.2) is 40.1 Å². The van der Waals surface area contributed by atoms with Crippen LogP contribution in [-0.2, 0) is 4.79 Å².